The molecule has 0 spiro atoms. The lowest BCUT2D eigenvalue weighted by atomic mass is 9.86. The number of sulfonamides is 1. The molecule has 3 N–H and O–H groups in total. The first kappa shape index (κ1) is 30.7. The van der Waals surface area contributed by atoms with Gasteiger partial charge in [-0.3, -0.25) is 4.79 Å². The van der Waals surface area contributed by atoms with Gasteiger partial charge in [0, 0.05) is 13.0 Å². The fourth-order valence-electron chi connectivity index (χ4n) is 5.08. The van der Waals surface area contributed by atoms with Crippen LogP contribution in [0.15, 0.2) is 77.7 Å². The van der Waals surface area contributed by atoms with E-state index in [1.165, 1.54) is 11.1 Å². The third-order valence-electron chi connectivity index (χ3n) is 7.10. The van der Waals surface area contributed by atoms with Gasteiger partial charge >= 0.3 is 6.18 Å². The first-order chi connectivity index (χ1) is 19.4. The molecular weight excluding hydrogens is 551 g/mol. The largest absolute Gasteiger partial charge is 0.416 e. The van der Waals surface area contributed by atoms with Crippen LogP contribution in [0.2, 0.25) is 0 Å². The fraction of sp³-hybridized carbons (Fsp3) is 0.387. The van der Waals surface area contributed by atoms with Crippen LogP contribution in [0.4, 0.5) is 13.2 Å². The van der Waals surface area contributed by atoms with Gasteiger partial charge in [0.2, 0.25) is 15.9 Å². The van der Waals surface area contributed by atoms with E-state index in [-0.39, 0.29) is 18.4 Å². The summed E-state index contributed by atoms with van der Waals surface area (Å²) in [4.78, 5) is 12.8. The number of carbonyl (C=O) groups excluding carboxylic acids is 1. The number of fused-ring (bicyclic) bond motifs is 1. The Hall–Kier alpha value is -3.21. The monoisotopic (exact) mass is 587 g/mol. The van der Waals surface area contributed by atoms with E-state index in [9.17, 15) is 26.4 Å². The van der Waals surface area contributed by atoms with Crippen LogP contribution in [0.3, 0.4) is 0 Å². The van der Waals surface area contributed by atoms with Crippen molar-refractivity contribution >= 4 is 15.9 Å². The Morgan fingerprint density at radius 3 is 2.46 bits per heavy atom. The normalized spacial score (nSPS) is 16.3. The van der Waals surface area contributed by atoms with Crippen LogP contribution >= 0.6 is 0 Å². The summed E-state index contributed by atoms with van der Waals surface area (Å²) >= 11 is 0. The Bertz CT molecular complexity index is 1440. The van der Waals surface area contributed by atoms with Crippen LogP contribution in [0.25, 0.3) is 0 Å². The molecule has 3 aromatic rings. The van der Waals surface area contributed by atoms with Crippen molar-refractivity contribution < 1.29 is 26.4 Å². The second-order valence-corrected chi connectivity index (χ2v) is 12.6. The first-order valence-corrected chi connectivity index (χ1v) is 15.3. The second-order valence-electron chi connectivity index (χ2n) is 10.9. The molecule has 6 nitrogen and oxygen atoms in total. The SMILES string of the molecule is CC(C)CNCc1ccc2c(c1)CCC[C@H]2NC(=O)C[C@@H](NS(=O)(=O)c1cccc(C(F)(F)F)c1)c1ccccc1. The van der Waals surface area contributed by atoms with Crippen molar-refractivity contribution in [2.45, 2.75) is 69.2 Å². The zero-order valence-corrected chi connectivity index (χ0v) is 24.0. The number of alkyl halides is 3. The minimum absolute atomic E-state index is 0.208. The number of rotatable bonds is 11. The van der Waals surface area contributed by atoms with Crippen molar-refractivity contribution in [1.29, 1.82) is 0 Å². The molecule has 0 fully saturated rings. The van der Waals surface area contributed by atoms with Gasteiger partial charge in [-0.15, -0.1) is 0 Å². The summed E-state index contributed by atoms with van der Waals surface area (Å²) in [5, 5.41) is 6.52. The topological polar surface area (TPSA) is 87.3 Å². The Morgan fingerprint density at radius 1 is 1.00 bits per heavy atom. The summed E-state index contributed by atoms with van der Waals surface area (Å²) in [6, 6.07) is 17.2. The summed E-state index contributed by atoms with van der Waals surface area (Å²) in [6.45, 7) is 6.01. The third-order valence-corrected chi connectivity index (χ3v) is 8.57. The van der Waals surface area contributed by atoms with Crippen molar-refractivity contribution in [2.75, 3.05) is 6.54 Å². The molecule has 220 valence electrons. The fourth-order valence-corrected chi connectivity index (χ4v) is 6.35. The van der Waals surface area contributed by atoms with Crippen molar-refractivity contribution in [2.24, 2.45) is 5.92 Å². The summed E-state index contributed by atoms with van der Waals surface area (Å²) in [6.07, 6.45) is -2.32. The highest BCUT2D eigenvalue weighted by Gasteiger charge is 2.32. The highest BCUT2D eigenvalue weighted by molar-refractivity contribution is 7.89. The van der Waals surface area contributed by atoms with Crippen LogP contribution in [-0.4, -0.2) is 20.9 Å². The third kappa shape index (κ3) is 8.40. The molecule has 3 aromatic carbocycles. The molecule has 0 unspecified atom stereocenters. The Kier molecular flexibility index (Phi) is 9.88. The number of benzene rings is 3. The number of carbonyl (C=O) groups is 1. The van der Waals surface area contributed by atoms with Crippen LogP contribution in [0.1, 0.15) is 73.0 Å². The maximum atomic E-state index is 13.3. The van der Waals surface area contributed by atoms with Gasteiger partial charge in [-0.2, -0.15) is 13.2 Å². The molecule has 0 aromatic heterocycles. The molecule has 1 aliphatic carbocycles. The van der Waals surface area contributed by atoms with Crippen molar-refractivity contribution in [3.05, 3.63) is 101 Å². The van der Waals surface area contributed by atoms with E-state index in [1.54, 1.807) is 30.3 Å². The zero-order chi connectivity index (χ0) is 29.6. The van der Waals surface area contributed by atoms with Gasteiger partial charge in [0.1, 0.15) is 0 Å². The summed E-state index contributed by atoms with van der Waals surface area (Å²) in [5.74, 6) is 0.201. The lowest BCUT2D eigenvalue weighted by Crippen LogP contribution is -2.36. The number of nitrogens with one attached hydrogen (secondary N) is 3. The predicted molar refractivity (Wildman–Crippen MR) is 152 cm³/mol. The van der Waals surface area contributed by atoms with E-state index in [1.807, 2.05) is 0 Å². The van der Waals surface area contributed by atoms with E-state index in [4.69, 9.17) is 0 Å². The molecule has 4 rings (SSSR count). The first-order valence-electron chi connectivity index (χ1n) is 13.8. The van der Waals surface area contributed by atoms with Gasteiger partial charge in [-0.05, 0) is 72.2 Å². The van der Waals surface area contributed by atoms with Gasteiger partial charge in [-0.1, -0.05) is 68.4 Å². The Balaban J connectivity index is 1.49. The van der Waals surface area contributed by atoms with Gasteiger partial charge in [0.25, 0.3) is 0 Å². The highest BCUT2D eigenvalue weighted by Crippen LogP contribution is 2.32. The van der Waals surface area contributed by atoms with E-state index in [0.717, 1.165) is 56.1 Å². The standard InChI is InChI=1S/C31H36F3N3O3S/c1-21(2)19-35-20-22-14-15-27-24(16-22)10-6-13-28(27)36-30(38)18-29(23-8-4-3-5-9-23)37-41(39,40)26-12-7-11-25(17-26)31(32,33)34/h3-5,7-9,11-12,14-17,21,28-29,35,37H,6,10,13,18-20H2,1-2H3,(H,36,38)/t28-,29-/m1/s1. The maximum absolute atomic E-state index is 13.3. The van der Waals surface area contributed by atoms with Crippen molar-refractivity contribution in [1.82, 2.24) is 15.4 Å². The average molecular weight is 588 g/mol. The lowest BCUT2D eigenvalue weighted by Gasteiger charge is -2.28. The molecule has 2 atom stereocenters. The van der Waals surface area contributed by atoms with E-state index in [2.05, 4.69) is 47.4 Å². The zero-order valence-electron chi connectivity index (χ0n) is 23.2. The van der Waals surface area contributed by atoms with Crippen LogP contribution in [0.5, 0.6) is 0 Å². The molecule has 1 aliphatic rings. The maximum Gasteiger partial charge on any atom is 0.416 e. The molecule has 0 saturated carbocycles. The highest BCUT2D eigenvalue weighted by atomic mass is 32.2. The number of hydrogen-bond donors (Lipinski definition) is 3. The molecule has 41 heavy (non-hydrogen) atoms. The molecule has 0 aliphatic heterocycles. The van der Waals surface area contributed by atoms with Crippen molar-refractivity contribution in [3.63, 3.8) is 0 Å². The van der Waals surface area contributed by atoms with E-state index in [0.29, 0.717) is 17.5 Å². The number of amides is 1. The second kappa shape index (κ2) is 13.2. The number of aryl methyl sites for hydroxylation is 1. The molecule has 0 heterocycles. The average Bonchev–Trinajstić information content (AvgIpc) is 2.92. The van der Waals surface area contributed by atoms with Gasteiger partial charge in [0.15, 0.2) is 0 Å². The molecule has 10 heteroatoms. The molecule has 1 amide bonds. The summed E-state index contributed by atoms with van der Waals surface area (Å²) in [7, 11) is -4.37. The van der Waals surface area contributed by atoms with Crippen LogP contribution in [0, 0.1) is 5.92 Å². The molecule has 0 radical (unpaired) electrons. The molecule has 0 bridgehead atoms. The van der Waals surface area contributed by atoms with Crippen LogP contribution < -0.4 is 15.4 Å². The van der Waals surface area contributed by atoms with E-state index >= 15 is 0 Å². The van der Waals surface area contributed by atoms with Crippen molar-refractivity contribution in [3.8, 4) is 0 Å². The van der Waals surface area contributed by atoms with Gasteiger partial charge in [-0.25, -0.2) is 13.1 Å². The Morgan fingerprint density at radius 2 is 1.76 bits per heavy atom. The minimum atomic E-state index is -4.69. The molecular formula is C31H36F3N3O3S. The van der Waals surface area contributed by atoms with Gasteiger partial charge in [0.05, 0.1) is 22.5 Å². The quantitative estimate of drug-likeness (QED) is 0.255. The lowest BCUT2D eigenvalue weighted by molar-refractivity contribution is -0.137. The number of halogens is 3. The minimum Gasteiger partial charge on any atom is -0.349 e. The van der Waals surface area contributed by atoms with Gasteiger partial charge < -0.3 is 10.6 Å². The summed E-state index contributed by atoms with van der Waals surface area (Å²) < 4.78 is 68.4. The summed E-state index contributed by atoms with van der Waals surface area (Å²) in [5.41, 5.74) is 2.89. The van der Waals surface area contributed by atoms with Crippen LogP contribution in [-0.2, 0) is 34.0 Å². The smallest absolute Gasteiger partial charge is 0.349 e. The number of hydrogen-bond acceptors (Lipinski definition) is 4. The van der Waals surface area contributed by atoms with E-state index < -0.39 is 32.7 Å². The molecule has 0 saturated heterocycles. The Labute approximate surface area is 239 Å². The predicted octanol–water partition coefficient (Wildman–Crippen LogP) is 6.05.